The molecule has 19 heavy (non-hydrogen) atoms. The highest BCUT2D eigenvalue weighted by molar-refractivity contribution is 5.33. The van der Waals surface area contributed by atoms with Crippen LogP contribution in [0.1, 0.15) is 38.7 Å². The van der Waals surface area contributed by atoms with Gasteiger partial charge < -0.3 is 15.4 Å². The second-order valence-electron chi connectivity index (χ2n) is 5.51. The number of unbranched alkanes of at least 4 members (excludes halogenated alkanes) is 1. The van der Waals surface area contributed by atoms with Crippen molar-refractivity contribution in [2.45, 2.75) is 44.7 Å². The monoisotopic (exact) mass is 264 g/mol. The van der Waals surface area contributed by atoms with Gasteiger partial charge in [-0.3, -0.25) is 0 Å². The number of methoxy groups -OCH3 is 1. The average molecular weight is 264 g/mol. The van der Waals surface area contributed by atoms with Crippen molar-refractivity contribution in [1.82, 2.24) is 4.90 Å². The number of hydrogen-bond acceptors (Lipinski definition) is 3. The van der Waals surface area contributed by atoms with E-state index in [1.165, 1.54) is 5.56 Å². The second kappa shape index (κ2) is 6.92. The highest BCUT2D eigenvalue weighted by Crippen LogP contribution is 2.31. The first-order chi connectivity index (χ1) is 8.95. The molecule has 0 aromatic heterocycles. The van der Waals surface area contributed by atoms with Gasteiger partial charge in [0.05, 0.1) is 12.6 Å². The molecule has 0 spiro atoms. The summed E-state index contributed by atoms with van der Waals surface area (Å²) in [7, 11) is 5.85. The zero-order chi connectivity index (χ0) is 14.5. The van der Waals surface area contributed by atoms with E-state index in [1.54, 1.807) is 7.11 Å². The summed E-state index contributed by atoms with van der Waals surface area (Å²) in [5.74, 6) is 0.874. The first-order valence-electron chi connectivity index (χ1n) is 7.05. The van der Waals surface area contributed by atoms with Crippen LogP contribution in [0.25, 0.3) is 0 Å². The maximum atomic E-state index is 6.76. The molecule has 0 fully saturated rings. The van der Waals surface area contributed by atoms with Crippen LogP contribution in [0.3, 0.4) is 0 Å². The molecule has 0 aliphatic carbocycles. The molecule has 0 aliphatic heterocycles. The predicted molar refractivity (Wildman–Crippen MR) is 81.5 cm³/mol. The maximum absolute atomic E-state index is 6.76. The number of ether oxygens (including phenoxy) is 1. The van der Waals surface area contributed by atoms with Gasteiger partial charge in [-0.15, -0.1) is 0 Å². The van der Waals surface area contributed by atoms with E-state index in [2.05, 4.69) is 45.0 Å². The van der Waals surface area contributed by atoms with Gasteiger partial charge in [-0.1, -0.05) is 31.9 Å². The molecule has 108 valence electrons. The van der Waals surface area contributed by atoms with E-state index >= 15 is 0 Å². The van der Waals surface area contributed by atoms with Crippen LogP contribution in [0.4, 0.5) is 0 Å². The van der Waals surface area contributed by atoms with E-state index < -0.39 is 0 Å². The molecular formula is C16H28N2O. The molecule has 0 heterocycles. The lowest BCUT2D eigenvalue weighted by Crippen LogP contribution is -2.52. The molecule has 0 saturated heterocycles. The molecule has 2 N–H and O–H groups in total. The van der Waals surface area contributed by atoms with Crippen LogP contribution in [0.15, 0.2) is 24.3 Å². The first-order valence-corrected chi connectivity index (χ1v) is 7.05. The highest BCUT2D eigenvalue weighted by Gasteiger charge is 2.34. The summed E-state index contributed by atoms with van der Waals surface area (Å²) in [6.07, 6.45) is 3.30. The molecule has 3 heteroatoms. The number of hydrogen-bond donors (Lipinski definition) is 1. The third-order valence-electron chi connectivity index (χ3n) is 4.09. The predicted octanol–water partition coefficient (Wildman–Crippen LogP) is 2.99. The lowest BCUT2D eigenvalue weighted by atomic mass is 9.79. The Morgan fingerprint density at radius 3 is 2.26 bits per heavy atom. The Bertz CT molecular complexity index is 375. The van der Waals surface area contributed by atoms with Crippen molar-refractivity contribution in [3.63, 3.8) is 0 Å². The van der Waals surface area contributed by atoms with E-state index in [4.69, 9.17) is 10.5 Å². The van der Waals surface area contributed by atoms with Crippen LogP contribution in [0, 0.1) is 0 Å². The van der Waals surface area contributed by atoms with Crippen LogP contribution >= 0.6 is 0 Å². The van der Waals surface area contributed by atoms with Crippen molar-refractivity contribution in [2.75, 3.05) is 21.2 Å². The van der Waals surface area contributed by atoms with Crippen LogP contribution in [-0.4, -0.2) is 32.1 Å². The smallest absolute Gasteiger partial charge is 0.118 e. The Morgan fingerprint density at radius 2 is 1.84 bits per heavy atom. The fourth-order valence-electron chi connectivity index (χ4n) is 2.43. The average Bonchev–Trinajstić information content (AvgIpc) is 2.43. The Balaban J connectivity index is 3.06. The van der Waals surface area contributed by atoms with Crippen molar-refractivity contribution >= 4 is 0 Å². The molecule has 0 radical (unpaired) electrons. The summed E-state index contributed by atoms with van der Waals surface area (Å²) >= 11 is 0. The van der Waals surface area contributed by atoms with Crippen LogP contribution in [0.5, 0.6) is 5.75 Å². The van der Waals surface area contributed by atoms with E-state index in [0.717, 1.165) is 25.0 Å². The molecule has 0 bridgehead atoms. The van der Waals surface area contributed by atoms with Crippen molar-refractivity contribution in [2.24, 2.45) is 5.73 Å². The summed E-state index contributed by atoms with van der Waals surface area (Å²) in [6, 6.07) is 8.45. The minimum Gasteiger partial charge on any atom is -0.497 e. The lowest BCUT2D eigenvalue weighted by molar-refractivity contribution is 0.179. The Kier molecular flexibility index (Phi) is 5.83. The summed E-state index contributed by atoms with van der Waals surface area (Å²) < 4.78 is 5.22. The molecule has 1 rings (SSSR count). The van der Waals surface area contributed by atoms with Gasteiger partial charge in [0.25, 0.3) is 0 Å². The lowest BCUT2D eigenvalue weighted by Gasteiger charge is -2.40. The standard InChI is InChI=1S/C16H28N2O/c1-6-7-12-16(17,13(2)18(3)4)14-8-10-15(19-5)11-9-14/h8-11,13H,6-7,12,17H2,1-5H3. The van der Waals surface area contributed by atoms with E-state index in [-0.39, 0.29) is 11.6 Å². The molecule has 1 aromatic rings. The first kappa shape index (κ1) is 16.0. The largest absolute Gasteiger partial charge is 0.497 e. The van der Waals surface area contributed by atoms with E-state index in [9.17, 15) is 0 Å². The molecule has 0 saturated carbocycles. The SMILES string of the molecule is CCCCC(N)(c1ccc(OC)cc1)C(C)N(C)C. The number of nitrogens with zero attached hydrogens (tertiary/aromatic N) is 1. The topological polar surface area (TPSA) is 38.5 Å². The van der Waals surface area contributed by atoms with Crippen LogP contribution in [-0.2, 0) is 5.54 Å². The number of benzene rings is 1. The molecule has 1 aromatic carbocycles. The van der Waals surface area contributed by atoms with Crippen LogP contribution in [0.2, 0.25) is 0 Å². The molecule has 0 aliphatic rings. The highest BCUT2D eigenvalue weighted by atomic mass is 16.5. The van der Waals surface area contributed by atoms with Gasteiger partial charge in [-0.2, -0.15) is 0 Å². The van der Waals surface area contributed by atoms with Gasteiger partial charge in [0.1, 0.15) is 5.75 Å². The van der Waals surface area contributed by atoms with Gasteiger partial charge in [-0.05, 0) is 45.1 Å². The quantitative estimate of drug-likeness (QED) is 0.823. The number of nitrogens with two attached hydrogens (primary N) is 1. The minimum atomic E-state index is -0.314. The molecule has 2 unspecified atom stereocenters. The molecule has 2 atom stereocenters. The van der Waals surface area contributed by atoms with Crippen molar-refractivity contribution in [3.05, 3.63) is 29.8 Å². The molecule has 0 amide bonds. The maximum Gasteiger partial charge on any atom is 0.118 e. The van der Waals surface area contributed by atoms with Crippen molar-refractivity contribution in [3.8, 4) is 5.75 Å². The van der Waals surface area contributed by atoms with Crippen molar-refractivity contribution in [1.29, 1.82) is 0 Å². The van der Waals surface area contributed by atoms with E-state index in [1.807, 2.05) is 12.1 Å². The molecular weight excluding hydrogens is 236 g/mol. The summed E-state index contributed by atoms with van der Waals surface area (Å²) in [5, 5.41) is 0. The van der Waals surface area contributed by atoms with Gasteiger partial charge in [-0.25, -0.2) is 0 Å². The number of likely N-dealkylation sites (N-methyl/N-ethyl adjacent to an activating group) is 1. The summed E-state index contributed by atoms with van der Waals surface area (Å²) in [5.41, 5.74) is 7.63. The normalized spacial score (nSPS) is 16.2. The number of rotatable bonds is 7. The van der Waals surface area contributed by atoms with Gasteiger partial charge >= 0.3 is 0 Å². The second-order valence-corrected chi connectivity index (χ2v) is 5.51. The fourth-order valence-corrected chi connectivity index (χ4v) is 2.43. The minimum absolute atomic E-state index is 0.285. The van der Waals surface area contributed by atoms with Crippen molar-refractivity contribution < 1.29 is 4.74 Å². The van der Waals surface area contributed by atoms with Gasteiger partial charge in [0, 0.05) is 6.04 Å². The van der Waals surface area contributed by atoms with Gasteiger partial charge in [0.2, 0.25) is 0 Å². The Hall–Kier alpha value is -1.06. The zero-order valence-corrected chi connectivity index (χ0v) is 12.9. The Labute approximate surface area is 117 Å². The van der Waals surface area contributed by atoms with E-state index in [0.29, 0.717) is 0 Å². The summed E-state index contributed by atoms with van der Waals surface area (Å²) in [6.45, 7) is 4.40. The zero-order valence-electron chi connectivity index (χ0n) is 12.9. The third kappa shape index (κ3) is 3.71. The van der Waals surface area contributed by atoms with Crippen LogP contribution < -0.4 is 10.5 Å². The Morgan fingerprint density at radius 1 is 1.26 bits per heavy atom. The summed E-state index contributed by atoms with van der Waals surface area (Å²) in [4.78, 5) is 2.19. The van der Waals surface area contributed by atoms with Gasteiger partial charge in [0.15, 0.2) is 0 Å². The fraction of sp³-hybridized carbons (Fsp3) is 0.625. The molecule has 3 nitrogen and oxygen atoms in total. The third-order valence-corrected chi connectivity index (χ3v) is 4.09.